The maximum atomic E-state index is 11.6. The third-order valence-corrected chi connectivity index (χ3v) is 11.2. The molecule has 6 unspecified atom stereocenters. The van der Waals surface area contributed by atoms with Crippen molar-refractivity contribution < 1.29 is 57.7 Å². The van der Waals surface area contributed by atoms with E-state index in [1.165, 1.54) is 19.4 Å². The molecule has 1 aromatic rings. The molecule has 1 aromatic carbocycles. The zero-order valence-corrected chi connectivity index (χ0v) is 32.3. The molecule has 3 fully saturated rings. The van der Waals surface area contributed by atoms with E-state index in [1.807, 2.05) is 32.0 Å². The van der Waals surface area contributed by atoms with Gasteiger partial charge in [0, 0.05) is 44.6 Å². The highest BCUT2D eigenvalue weighted by Gasteiger charge is 2.48. The molecule has 0 saturated carbocycles. The van der Waals surface area contributed by atoms with Crippen LogP contribution < -0.4 is 0 Å². The smallest absolute Gasteiger partial charge is 0.303 e. The lowest BCUT2D eigenvalue weighted by Crippen LogP contribution is -2.56. The highest BCUT2D eigenvalue weighted by molar-refractivity contribution is 5.66. The average Bonchev–Trinajstić information content (AvgIpc) is 3.10. The van der Waals surface area contributed by atoms with Gasteiger partial charge < -0.3 is 48.1 Å². The second-order valence-corrected chi connectivity index (χ2v) is 14.5. The highest BCUT2D eigenvalue weighted by Crippen LogP contribution is 2.39. The van der Waals surface area contributed by atoms with E-state index in [1.54, 1.807) is 14.0 Å². The van der Waals surface area contributed by atoms with Crippen LogP contribution in [-0.4, -0.2) is 98.5 Å². The summed E-state index contributed by atoms with van der Waals surface area (Å²) >= 11 is 0. The summed E-state index contributed by atoms with van der Waals surface area (Å²) in [5, 5.41) is 19.9. The fourth-order valence-electron chi connectivity index (χ4n) is 7.86. The molecule has 0 radical (unpaired) electrons. The molecule has 3 heterocycles. The first-order valence-corrected chi connectivity index (χ1v) is 18.6. The number of benzene rings is 1. The molecule has 2 N–H and O–H groups in total. The lowest BCUT2D eigenvalue weighted by Gasteiger charge is -2.46. The summed E-state index contributed by atoms with van der Waals surface area (Å²) in [5.74, 6) is 0.0961. The van der Waals surface area contributed by atoms with Crippen molar-refractivity contribution >= 4 is 11.9 Å². The highest BCUT2D eigenvalue weighted by atomic mass is 16.7. The summed E-state index contributed by atoms with van der Waals surface area (Å²) in [7, 11) is 1.73. The monoisotopic (exact) mass is 724 g/mol. The quantitative estimate of drug-likeness (QED) is 0.261. The number of hydrogen-bond acceptors (Lipinski definition) is 12. The second-order valence-electron chi connectivity index (χ2n) is 14.5. The number of aliphatic hydroxyl groups excluding tert-OH is 2. The van der Waals surface area contributed by atoms with Crippen molar-refractivity contribution in [1.29, 1.82) is 0 Å². The molecule has 0 aliphatic carbocycles. The van der Waals surface area contributed by atoms with Crippen molar-refractivity contribution in [3.05, 3.63) is 35.9 Å². The van der Waals surface area contributed by atoms with E-state index in [2.05, 4.69) is 39.8 Å². The van der Waals surface area contributed by atoms with Crippen LogP contribution in [0.1, 0.15) is 80.7 Å². The molecule has 0 aromatic heterocycles. The molecule has 3 saturated heterocycles. The SMILES string of the molecule is CCC1O[C@H](OC[C@@H]2C(CO)O[C@H](O)C(OC(C)=O)[C@H]2C)C(OC(C)=O)[C@@H](C)[C@@H]1C.CC[C@@H]1C(C)[C@@H](OC)OC(COCc2ccccc2)[C@H]1C. The Hall–Kier alpha value is -2.16. The number of hydrogen-bond donors (Lipinski definition) is 2. The number of carbonyl (C=O) groups excluding carboxylic acids is 2. The van der Waals surface area contributed by atoms with Gasteiger partial charge in [0.05, 0.1) is 44.7 Å². The van der Waals surface area contributed by atoms with Crippen LogP contribution in [0, 0.1) is 41.4 Å². The van der Waals surface area contributed by atoms with Crippen molar-refractivity contribution in [2.75, 3.05) is 26.9 Å². The third kappa shape index (κ3) is 11.7. The summed E-state index contributed by atoms with van der Waals surface area (Å²) in [6.45, 7) is 18.3. The Bertz CT molecular complexity index is 1170. The van der Waals surface area contributed by atoms with Crippen LogP contribution >= 0.6 is 0 Å². The summed E-state index contributed by atoms with van der Waals surface area (Å²) < 4.78 is 45.8. The van der Waals surface area contributed by atoms with E-state index >= 15 is 0 Å². The molecular formula is C39H64O12. The standard InChI is InChI=1S/C21H36O9.C18H28O3/c1-7-16-10(2)11(3)19(28-14(6)24)21(30-16)26-9-15-12(4)18(27-13(5)23)20(25)29-17(15)8-22;1-5-16-13(2)17(21-18(19-4)14(16)3)12-20-11-15-9-7-6-8-10-15/h10-12,15-22,25H,7-9H2,1-6H3;6-10,13-14,16-18H,5,11-12H2,1-4H3/t10-,11-,12-,15-,16?,17?,18?,19?,20-,21-;13-,14?,16-,17?,18-/m00/s1. The zero-order valence-electron chi connectivity index (χ0n) is 32.3. The number of esters is 2. The zero-order chi connectivity index (χ0) is 37.8. The molecule has 0 amide bonds. The van der Waals surface area contributed by atoms with Gasteiger partial charge in [-0.25, -0.2) is 0 Å². The summed E-state index contributed by atoms with van der Waals surface area (Å²) in [6.07, 6.45) is -2.34. The fourth-order valence-corrected chi connectivity index (χ4v) is 7.86. The summed E-state index contributed by atoms with van der Waals surface area (Å²) in [4.78, 5) is 23.0. The van der Waals surface area contributed by atoms with Crippen molar-refractivity contribution in [1.82, 2.24) is 0 Å². The molecular weight excluding hydrogens is 660 g/mol. The van der Waals surface area contributed by atoms with Crippen molar-refractivity contribution in [2.24, 2.45) is 41.4 Å². The molecule has 4 rings (SSSR count). The Morgan fingerprint density at radius 1 is 0.706 bits per heavy atom. The average molecular weight is 725 g/mol. The van der Waals surface area contributed by atoms with Gasteiger partial charge in [-0.05, 0) is 29.7 Å². The van der Waals surface area contributed by atoms with Gasteiger partial charge in [-0.15, -0.1) is 0 Å². The Labute approximate surface area is 304 Å². The number of methoxy groups -OCH3 is 1. The molecule has 3 aliphatic heterocycles. The largest absolute Gasteiger partial charge is 0.457 e. The molecule has 0 spiro atoms. The van der Waals surface area contributed by atoms with Crippen molar-refractivity contribution in [3.63, 3.8) is 0 Å². The van der Waals surface area contributed by atoms with Crippen molar-refractivity contribution in [2.45, 2.75) is 131 Å². The van der Waals surface area contributed by atoms with Gasteiger partial charge >= 0.3 is 11.9 Å². The molecule has 15 atom stereocenters. The number of aliphatic hydroxyl groups is 2. The number of carbonyl (C=O) groups is 2. The van der Waals surface area contributed by atoms with E-state index in [0.29, 0.717) is 31.0 Å². The van der Waals surface area contributed by atoms with E-state index in [0.717, 1.165) is 12.8 Å². The van der Waals surface area contributed by atoms with Crippen LogP contribution in [0.4, 0.5) is 0 Å². The van der Waals surface area contributed by atoms with Gasteiger partial charge in [-0.3, -0.25) is 9.59 Å². The van der Waals surface area contributed by atoms with Crippen LogP contribution in [-0.2, 0) is 54.1 Å². The lowest BCUT2D eigenvalue weighted by molar-refractivity contribution is -0.299. The Morgan fingerprint density at radius 2 is 1.33 bits per heavy atom. The first kappa shape index (κ1) is 43.2. The maximum absolute atomic E-state index is 11.6. The van der Waals surface area contributed by atoms with Gasteiger partial charge in [-0.2, -0.15) is 0 Å². The van der Waals surface area contributed by atoms with Crippen LogP contribution in [0.2, 0.25) is 0 Å². The van der Waals surface area contributed by atoms with E-state index in [-0.39, 0.29) is 55.4 Å². The van der Waals surface area contributed by atoms with Gasteiger partial charge in [0.25, 0.3) is 0 Å². The Morgan fingerprint density at radius 3 is 1.90 bits per heavy atom. The Balaban J connectivity index is 0.000000293. The maximum Gasteiger partial charge on any atom is 0.303 e. The topological polar surface area (TPSA) is 148 Å². The molecule has 3 aliphatic rings. The van der Waals surface area contributed by atoms with Gasteiger partial charge in [0.15, 0.2) is 31.1 Å². The first-order valence-electron chi connectivity index (χ1n) is 18.6. The molecule has 0 bridgehead atoms. The molecule has 12 heteroatoms. The fraction of sp³-hybridized carbons (Fsp3) is 0.795. The van der Waals surface area contributed by atoms with E-state index in [9.17, 15) is 19.8 Å². The predicted octanol–water partition coefficient (Wildman–Crippen LogP) is 5.11. The molecule has 51 heavy (non-hydrogen) atoms. The minimum atomic E-state index is -1.33. The normalized spacial score (nSPS) is 38.2. The van der Waals surface area contributed by atoms with E-state index < -0.39 is 42.8 Å². The first-order chi connectivity index (χ1) is 24.3. The minimum absolute atomic E-state index is 0.0295. The summed E-state index contributed by atoms with van der Waals surface area (Å²) in [5.41, 5.74) is 1.20. The molecule has 12 nitrogen and oxygen atoms in total. The van der Waals surface area contributed by atoms with Crippen molar-refractivity contribution in [3.8, 4) is 0 Å². The predicted molar refractivity (Wildman–Crippen MR) is 189 cm³/mol. The number of rotatable bonds is 13. The van der Waals surface area contributed by atoms with Crippen LogP contribution in [0.5, 0.6) is 0 Å². The van der Waals surface area contributed by atoms with Gasteiger partial charge in [0.1, 0.15) is 0 Å². The van der Waals surface area contributed by atoms with Gasteiger partial charge in [-0.1, -0.05) is 85.2 Å². The summed E-state index contributed by atoms with van der Waals surface area (Å²) in [6, 6.07) is 10.3. The van der Waals surface area contributed by atoms with Crippen LogP contribution in [0.25, 0.3) is 0 Å². The number of ether oxygens (including phenoxy) is 8. The second kappa shape index (κ2) is 20.9. The lowest BCUT2D eigenvalue weighted by atomic mass is 9.76. The van der Waals surface area contributed by atoms with Crippen LogP contribution in [0.15, 0.2) is 30.3 Å². The van der Waals surface area contributed by atoms with E-state index in [4.69, 9.17) is 37.9 Å². The van der Waals surface area contributed by atoms with Gasteiger partial charge in [0.2, 0.25) is 0 Å². The molecule has 292 valence electrons. The minimum Gasteiger partial charge on any atom is -0.457 e. The Kier molecular flexibility index (Phi) is 17.7. The van der Waals surface area contributed by atoms with Crippen LogP contribution in [0.3, 0.4) is 0 Å². The third-order valence-electron chi connectivity index (χ3n) is 11.2.